The van der Waals surface area contributed by atoms with Crippen molar-refractivity contribution < 1.29 is 17.6 Å². The molecule has 0 saturated carbocycles. The Kier molecular flexibility index (Phi) is 6.46. The summed E-state index contributed by atoms with van der Waals surface area (Å²) in [5.41, 5.74) is 5.35. The normalized spacial score (nSPS) is 12.2. The summed E-state index contributed by atoms with van der Waals surface area (Å²) >= 11 is 0. The molecule has 0 atom stereocenters. The Bertz CT molecular complexity index is 470. The van der Waals surface area contributed by atoms with E-state index in [4.69, 9.17) is 14.9 Å². The van der Waals surface area contributed by atoms with Gasteiger partial charge in [-0.25, -0.2) is 13.1 Å². The second-order valence-corrected chi connectivity index (χ2v) is 5.94. The number of rotatable bonds is 9. The van der Waals surface area contributed by atoms with Gasteiger partial charge in [-0.2, -0.15) is 0 Å². The highest BCUT2D eigenvalue weighted by Gasteiger charge is 2.17. The van der Waals surface area contributed by atoms with Crippen molar-refractivity contribution in [2.75, 3.05) is 40.4 Å². The number of nitrogens with two attached hydrogens (primary N) is 1. The number of ether oxygens (including phenoxy) is 1. The van der Waals surface area contributed by atoms with E-state index in [0.29, 0.717) is 19.0 Å². The molecule has 0 unspecified atom stereocenters. The van der Waals surface area contributed by atoms with E-state index >= 15 is 0 Å². The van der Waals surface area contributed by atoms with Gasteiger partial charge < -0.3 is 19.8 Å². The third kappa shape index (κ3) is 5.70. The van der Waals surface area contributed by atoms with Gasteiger partial charge in [0.05, 0.1) is 19.8 Å². The topological polar surface area (TPSA) is 97.8 Å². The van der Waals surface area contributed by atoms with Crippen LogP contribution in [-0.2, 0) is 21.3 Å². The molecule has 7 nitrogen and oxygen atoms in total. The fourth-order valence-electron chi connectivity index (χ4n) is 1.28. The Labute approximate surface area is 113 Å². The molecule has 0 aliphatic carbocycles. The van der Waals surface area contributed by atoms with E-state index in [1.165, 1.54) is 6.07 Å². The summed E-state index contributed by atoms with van der Waals surface area (Å²) < 4.78 is 36.4. The predicted molar refractivity (Wildman–Crippen MR) is 71.2 cm³/mol. The summed E-state index contributed by atoms with van der Waals surface area (Å²) in [6.07, 6.45) is 0. The third-order valence-corrected chi connectivity index (χ3v) is 3.66. The lowest BCUT2D eigenvalue weighted by Crippen LogP contribution is -2.28. The van der Waals surface area contributed by atoms with Gasteiger partial charge in [-0.1, -0.05) is 0 Å². The molecular formula is C11H21N3O4S. The van der Waals surface area contributed by atoms with Crippen molar-refractivity contribution in [1.82, 2.24) is 9.62 Å². The maximum Gasteiger partial charge on any atom is 0.274 e. The summed E-state index contributed by atoms with van der Waals surface area (Å²) in [5, 5.41) is -0.124. The molecule has 3 N–H and O–H groups in total. The standard InChI is InChI=1S/C11H21N3O4S/c1-14(2)6-8-17-7-5-13-19(15,16)11-4-3-10(9-12)18-11/h3-4,13H,5-9,12H2,1-2H3. The molecule has 0 fully saturated rings. The predicted octanol–water partition coefficient (Wildman–Crippen LogP) is -0.405. The van der Waals surface area contributed by atoms with E-state index in [1.807, 2.05) is 19.0 Å². The number of nitrogens with zero attached hydrogens (tertiary/aromatic N) is 1. The molecule has 1 heterocycles. The molecule has 0 saturated heterocycles. The molecule has 0 aromatic carbocycles. The van der Waals surface area contributed by atoms with Crippen LogP contribution >= 0.6 is 0 Å². The summed E-state index contributed by atoms with van der Waals surface area (Å²) in [5.74, 6) is 0.433. The first-order chi connectivity index (χ1) is 8.95. The average molecular weight is 291 g/mol. The highest BCUT2D eigenvalue weighted by molar-refractivity contribution is 7.89. The second kappa shape index (κ2) is 7.61. The highest BCUT2D eigenvalue weighted by atomic mass is 32.2. The van der Waals surface area contributed by atoms with Crippen LogP contribution in [0.2, 0.25) is 0 Å². The van der Waals surface area contributed by atoms with Crippen LogP contribution in [-0.4, -0.2) is 53.7 Å². The first kappa shape index (κ1) is 16.1. The van der Waals surface area contributed by atoms with E-state index in [0.717, 1.165) is 6.54 Å². The molecule has 19 heavy (non-hydrogen) atoms. The summed E-state index contributed by atoms with van der Waals surface area (Å²) in [6.45, 7) is 2.05. The maximum atomic E-state index is 11.8. The summed E-state index contributed by atoms with van der Waals surface area (Å²) in [6, 6.07) is 2.93. The van der Waals surface area contributed by atoms with Crippen molar-refractivity contribution >= 4 is 10.0 Å². The Morgan fingerprint density at radius 3 is 2.68 bits per heavy atom. The van der Waals surface area contributed by atoms with E-state index in [1.54, 1.807) is 6.07 Å². The third-order valence-electron chi connectivity index (χ3n) is 2.32. The van der Waals surface area contributed by atoms with Gasteiger partial charge in [0.2, 0.25) is 5.09 Å². The largest absolute Gasteiger partial charge is 0.447 e. The monoisotopic (exact) mass is 291 g/mol. The van der Waals surface area contributed by atoms with Crippen molar-refractivity contribution in [1.29, 1.82) is 0 Å². The lowest BCUT2D eigenvalue weighted by Gasteiger charge is -2.10. The van der Waals surface area contributed by atoms with Crippen LogP contribution in [0.15, 0.2) is 21.6 Å². The fraction of sp³-hybridized carbons (Fsp3) is 0.636. The zero-order chi connectivity index (χ0) is 14.3. The van der Waals surface area contributed by atoms with Crippen LogP contribution in [0.25, 0.3) is 0 Å². The van der Waals surface area contributed by atoms with Gasteiger partial charge in [-0.3, -0.25) is 0 Å². The zero-order valence-corrected chi connectivity index (χ0v) is 12.1. The van der Waals surface area contributed by atoms with E-state index in [9.17, 15) is 8.42 Å². The Morgan fingerprint density at radius 2 is 2.11 bits per heavy atom. The molecule has 110 valence electrons. The lowest BCUT2D eigenvalue weighted by molar-refractivity contribution is 0.122. The minimum absolute atomic E-state index is 0.124. The zero-order valence-electron chi connectivity index (χ0n) is 11.3. The van der Waals surface area contributed by atoms with Gasteiger partial charge in [0.1, 0.15) is 5.76 Å². The summed E-state index contributed by atoms with van der Waals surface area (Å²) in [4.78, 5) is 1.99. The Hall–Kier alpha value is -0.930. The van der Waals surface area contributed by atoms with Crippen LogP contribution in [0.1, 0.15) is 5.76 Å². The van der Waals surface area contributed by atoms with Crippen LogP contribution in [0, 0.1) is 0 Å². The number of sulfonamides is 1. The van der Waals surface area contributed by atoms with Gasteiger partial charge in [-0.15, -0.1) is 0 Å². The average Bonchev–Trinajstić information content (AvgIpc) is 2.82. The number of nitrogens with one attached hydrogen (secondary N) is 1. The van der Waals surface area contributed by atoms with Crippen LogP contribution in [0.4, 0.5) is 0 Å². The van der Waals surface area contributed by atoms with E-state index in [-0.39, 0.29) is 18.2 Å². The van der Waals surface area contributed by atoms with Crippen LogP contribution in [0.3, 0.4) is 0 Å². The molecule has 8 heteroatoms. The molecule has 0 aliphatic heterocycles. The van der Waals surface area contributed by atoms with E-state index < -0.39 is 10.0 Å². The minimum atomic E-state index is -3.62. The molecular weight excluding hydrogens is 270 g/mol. The van der Waals surface area contributed by atoms with Gasteiger partial charge in [-0.05, 0) is 26.2 Å². The minimum Gasteiger partial charge on any atom is -0.447 e. The number of likely N-dealkylation sites (N-methyl/N-ethyl adjacent to an activating group) is 1. The number of furan rings is 1. The van der Waals surface area contributed by atoms with Crippen molar-refractivity contribution in [3.63, 3.8) is 0 Å². The first-order valence-corrected chi connectivity index (χ1v) is 7.45. The van der Waals surface area contributed by atoms with Crippen LogP contribution in [0.5, 0.6) is 0 Å². The number of hydrogen-bond acceptors (Lipinski definition) is 6. The highest BCUT2D eigenvalue weighted by Crippen LogP contribution is 2.12. The quantitative estimate of drug-likeness (QED) is 0.601. The van der Waals surface area contributed by atoms with Gasteiger partial charge in [0.15, 0.2) is 0 Å². The van der Waals surface area contributed by atoms with Gasteiger partial charge in [0, 0.05) is 13.1 Å². The molecule has 0 bridgehead atoms. The van der Waals surface area contributed by atoms with Crippen molar-refractivity contribution in [3.8, 4) is 0 Å². The fourth-order valence-corrected chi connectivity index (χ4v) is 2.24. The van der Waals surface area contributed by atoms with Gasteiger partial charge >= 0.3 is 0 Å². The molecule has 1 rings (SSSR count). The second-order valence-electron chi connectivity index (χ2n) is 4.24. The van der Waals surface area contributed by atoms with Crippen molar-refractivity contribution in [2.45, 2.75) is 11.6 Å². The number of hydrogen-bond donors (Lipinski definition) is 2. The lowest BCUT2D eigenvalue weighted by atomic mass is 10.5. The van der Waals surface area contributed by atoms with E-state index in [2.05, 4.69) is 4.72 Å². The van der Waals surface area contributed by atoms with Crippen molar-refractivity contribution in [3.05, 3.63) is 17.9 Å². The first-order valence-electron chi connectivity index (χ1n) is 5.96. The Morgan fingerprint density at radius 1 is 1.37 bits per heavy atom. The Balaban J connectivity index is 2.31. The molecule has 0 spiro atoms. The smallest absolute Gasteiger partial charge is 0.274 e. The SMILES string of the molecule is CN(C)CCOCCNS(=O)(=O)c1ccc(CN)o1. The molecule has 1 aromatic heterocycles. The molecule has 0 amide bonds. The van der Waals surface area contributed by atoms with Gasteiger partial charge in [0.25, 0.3) is 10.0 Å². The van der Waals surface area contributed by atoms with Crippen molar-refractivity contribution in [2.24, 2.45) is 5.73 Å². The van der Waals surface area contributed by atoms with Crippen LogP contribution < -0.4 is 10.5 Å². The maximum absolute atomic E-state index is 11.8. The summed E-state index contributed by atoms with van der Waals surface area (Å²) in [7, 11) is 0.269. The molecule has 1 aromatic rings. The molecule has 0 aliphatic rings. The molecule has 0 radical (unpaired) electrons.